The molecule has 44 valence electrons. The first-order valence-electron chi connectivity index (χ1n) is 2.42. The van der Waals surface area contributed by atoms with E-state index in [4.69, 9.17) is 5.11 Å². The van der Waals surface area contributed by atoms with E-state index in [2.05, 4.69) is 15.9 Å². The van der Waals surface area contributed by atoms with E-state index in [1.165, 1.54) is 0 Å². The highest BCUT2D eigenvalue weighted by atomic mass is 79.9. The van der Waals surface area contributed by atoms with E-state index in [1.54, 1.807) is 6.92 Å². The third kappa shape index (κ3) is 3.06. The topological polar surface area (TPSA) is 20.2 Å². The van der Waals surface area contributed by atoms with Crippen molar-refractivity contribution in [2.45, 2.75) is 20.0 Å². The Balaban J connectivity index is 3.14. The molecule has 0 amide bonds. The van der Waals surface area contributed by atoms with Crippen LogP contribution in [0.4, 0.5) is 0 Å². The summed E-state index contributed by atoms with van der Waals surface area (Å²) in [6.07, 6.45) is -0.181. The van der Waals surface area contributed by atoms with Crippen LogP contribution in [0.5, 0.6) is 0 Å². The molecule has 0 radical (unpaired) electrons. The molecule has 7 heavy (non-hydrogen) atoms. The van der Waals surface area contributed by atoms with Gasteiger partial charge in [0.25, 0.3) is 0 Å². The zero-order valence-corrected chi connectivity index (χ0v) is 6.27. The second-order valence-corrected chi connectivity index (χ2v) is 2.52. The van der Waals surface area contributed by atoms with Crippen LogP contribution < -0.4 is 0 Å². The van der Waals surface area contributed by atoms with Gasteiger partial charge in [-0.25, -0.2) is 0 Å². The molecule has 0 aromatic heterocycles. The summed E-state index contributed by atoms with van der Waals surface area (Å²) in [5.74, 6) is 0.375. The van der Waals surface area contributed by atoms with Crippen molar-refractivity contribution in [1.29, 1.82) is 0 Å². The fourth-order valence-electron chi connectivity index (χ4n) is 0.129. The van der Waals surface area contributed by atoms with Crippen molar-refractivity contribution >= 4 is 15.9 Å². The van der Waals surface area contributed by atoms with Crippen molar-refractivity contribution in [3.05, 3.63) is 0 Å². The van der Waals surface area contributed by atoms with Crippen LogP contribution in [0.1, 0.15) is 13.8 Å². The van der Waals surface area contributed by atoms with Crippen LogP contribution in [-0.4, -0.2) is 16.5 Å². The highest BCUT2D eigenvalue weighted by molar-refractivity contribution is 9.09. The van der Waals surface area contributed by atoms with Gasteiger partial charge in [-0.3, -0.25) is 0 Å². The molecule has 1 N–H and O–H groups in total. The van der Waals surface area contributed by atoms with Gasteiger partial charge in [0.15, 0.2) is 0 Å². The molecule has 0 rings (SSSR count). The maximum absolute atomic E-state index is 8.79. The molecule has 0 heterocycles. The zero-order valence-electron chi connectivity index (χ0n) is 4.69. The van der Waals surface area contributed by atoms with Gasteiger partial charge in [-0.05, 0) is 12.8 Å². The van der Waals surface area contributed by atoms with Crippen molar-refractivity contribution in [3.63, 3.8) is 0 Å². The van der Waals surface area contributed by atoms with E-state index in [1.807, 2.05) is 6.92 Å². The van der Waals surface area contributed by atoms with Crippen LogP contribution in [0, 0.1) is 5.92 Å². The summed E-state index contributed by atoms with van der Waals surface area (Å²) in [5.41, 5.74) is 0. The maximum atomic E-state index is 8.79. The molecule has 2 unspecified atom stereocenters. The highest BCUT2D eigenvalue weighted by Crippen LogP contribution is 2.03. The minimum absolute atomic E-state index is 0.181. The van der Waals surface area contributed by atoms with Crippen LogP contribution >= 0.6 is 15.9 Å². The Bertz CT molecular complexity index is 45.3. The van der Waals surface area contributed by atoms with Crippen molar-refractivity contribution in [2.75, 3.05) is 5.33 Å². The van der Waals surface area contributed by atoms with Gasteiger partial charge < -0.3 is 5.11 Å². The SMILES string of the molecule is CC(O)C(C)CBr. The van der Waals surface area contributed by atoms with Gasteiger partial charge in [-0.2, -0.15) is 0 Å². The van der Waals surface area contributed by atoms with Crippen molar-refractivity contribution in [1.82, 2.24) is 0 Å². The molecule has 0 aliphatic heterocycles. The summed E-state index contributed by atoms with van der Waals surface area (Å²) in [7, 11) is 0. The minimum Gasteiger partial charge on any atom is -0.393 e. The first-order valence-corrected chi connectivity index (χ1v) is 3.54. The highest BCUT2D eigenvalue weighted by Gasteiger charge is 2.04. The van der Waals surface area contributed by atoms with Gasteiger partial charge in [0.1, 0.15) is 0 Å². The summed E-state index contributed by atoms with van der Waals surface area (Å²) < 4.78 is 0. The molecule has 2 heteroatoms. The number of hydrogen-bond acceptors (Lipinski definition) is 1. The zero-order chi connectivity index (χ0) is 5.86. The van der Waals surface area contributed by atoms with E-state index in [0.717, 1.165) is 5.33 Å². The third-order valence-electron chi connectivity index (χ3n) is 1.07. The van der Waals surface area contributed by atoms with Crippen molar-refractivity contribution in [2.24, 2.45) is 5.92 Å². The molecule has 0 aliphatic rings. The predicted molar refractivity (Wildman–Crippen MR) is 34.6 cm³/mol. The number of halogens is 1. The van der Waals surface area contributed by atoms with E-state index >= 15 is 0 Å². The van der Waals surface area contributed by atoms with Gasteiger partial charge in [-0.15, -0.1) is 0 Å². The summed E-state index contributed by atoms with van der Waals surface area (Å²) in [6, 6.07) is 0. The summed E-state index contributed by atoms with van der Waals surface area (Å²) >= 11 is 3.26. The Morgan fingerprint density at radius 2 is 2.00 bits per heavy atom. The molecule has 0 saturated heterocycles. The lowest BCUT2D eigenvalue weighted by Crippen LogP contribution is -2.13. The van der Waals surface area contributed by atoms with Gasteiger partial charge in [-0.1, -0.05) is 22.9 Å². The van der Waals surface area contributed by atoms with Gasteiger partial charge >= 0.3 is 0 Å². The Kier molecular flexibility index (Phi) is 3.66. The normalized spacial score (nSPS) is 18.9. The smallest absolute Gasteiger partial charge is 0.0545 e. The lowest BCUT2D eigenvalue weighted by molar-refractivity contribution is 0.147. The average Bonchev–Trinajstić information content (AvgIpc) is 1.65. The van der Waals surface area contributed by atoms with Gasteiger partial charge in [0, 0.05) is 5.33 Å². The minimum atomic E-state index is -0.181. The fourth-order valence-corrected chi connectivity index (χ4v) is 0.670. The molecule has 0 aliphatic carbocycles. The van der Waals surface area contributed by atoms with Crippen LogP contribution in [0.25, 0.3) is 0 Å². The number of aliphatic hydroxyl groups is 1. The summed E-state index contributed by atoms with van der Waals surface area (Å²) in [4.78, 5) is 0. The van der Waals surface area contributed by atoms with Gasteiger partial charge in [0.05, 0.1) is 6.10 Å². The first-order chi connectivity index (χ1) is 3.18. The Labute approximate surface area is 52.9 Å². The third-order valence-corrected chi connectivity index (χ3v) is 2.09. The molecule has 0 saturated carbocycles. The molecule has 0 fully saturated rings. The predicted octanol–water partition coefficient (Wildman–Crippen LogP) is 1.40. The summed E-state index contributed by atoms with van der Waals surface area (Å²) in [5, 5.41) is 9.67. The lowest BCUT2D eigenvalue weighted by atomic mass is 10.1. The summed E-state index contributed by atoms with van der Waals surface area (Å²) in [6.45, 7) is 3.80. The van der Waals surface area contributed by atoms with Crippen LogP contribution in [0.2, 0.25) is 0 Å². The number of alkyl halides is 1. The van der Waals surface area contributed by atoms with E-state index in [-0.39, 0.29) is 6.10 Å². The van der Waals surface area contributed by atoms with Gasteiger partial charge in [0.2, 0.25) is 0 Å². The largest absolute Gasteiger partial charge is 0.393 e. The number of hydrogen-bond donors (Lipinski definition) is 1. The Morgan fingerprint density at radius 3 is 2.00 bits per heavy atom. The molecular weight excluding hydrogens is 156 g/mol. The molecule has 0 bridgehead atoms. The van der Waals surface area contributed by atoms with Crippen LogP contribution in [0.3, 0.4) is 0 Å². The average molecular weight is 167 g/mol. The molecule has 2 atom stereocenters. The maximum Gasteiger partial charge on any atom is 0.0545 e. The standard InChI is InChI=1S/C5H11BrO/c1-4(3-6)5(2)7/h4-5,7H,3H2,1-2H3. The molecule has 0 spiro atoms. The van der Waals surface area contributed by atoms with Crippen LogP contribution in [-0.2, 0) is 0 Å². The quantitative estimate of drug-likeness (QED) is 0.616. The van der Waals surface area contributed by atoms with Crippen molar-refractivity contribution < 1.29 is 5.11 Å². The Morgan fingerprint density at radius 1 is 1.57 bits per heavy atom. The fraction of sp³-hybridized carbons (Fsp3) is 1.00. The second-order valence-electron chi connectivity index (χ2n) is 1.87. The van der Waals surface area contributed by atoms with Crippen LogP contribution in [0.15, 0.2) is 0 Å². The molecule has 0 aromatic rings. The molecular formula is C5H11BrO. The molecule has 0 aromatic carbocycles. The van der Waals surface area contributed by atoms with E-state index in [0.29, 0.717) is 5.92 Å². The lowest BCUT2D eigenvalue weighted by Gasteiger charge is -2.08. The number of rotatable bonds is 2. The number of aliphatic hydroxyl groups excluding tert-OH is 1. The second kappa shape index (κ2) is 3.44. The first kappa shape index (κ1) is 7.44. The molecule has 1 nitrogen and oxygen atoms in total. The monoisotopic (exact) mass is 166 g/mol. The van der Waals surface area contributed by atoms with E-state index < -0.39 is 0 Å². The van der Waals surface area contributed by atoms with E-state index in [9.17, 15) is 0 Å². The Hall–Kier alpha value is 0.440. The van der Waals surface area contributed by atoms with Crippen molar-refractivity contribution in [3.8, 4) is 0 Å².